The zero-order valence-electron chi connectivity index (χ0n) is 23.0. The third kappa shape index (κ3) is 4.92. The number of nitrogens with zero attached hydrogens (tertiary/aromatic N) is 6. The van der Waals surface area contributed by atoms with Crippen LogP contribution < -0.4 is 14.4 Å². The molecule has 0 radical (unpaired) electrons. The van der Waals surface area contributed by atoms with Crippen molar-refractivity contribution in [2.24, 2.45) is 0 Å². The lowest BCUT2D eigenvalue weighted by Gasteiger charge is -2.36. The van der Waals surface area contributed by atoms with Gasteiger partial charge in [0.15, 0.2) is 11.5 Å². The van der Waals surface area contributed by atoms with Crippen LogP contribution in [-0.2, 0) is 15.4 Å². The minimum atomic E-state index is -3.62. The third-order valence-corrected chi connectivity index (χ3v) is 9.58. The van der Waals surface area contributed by atoms with Gasteiger partial charge in [0.25, 0.3) is 5.78 Å². The van der Waals surface area contributed by atoms with Gasteiger partial charge in [-0.1, -0.05) is 39.0 Å². The normalized spacial score (nSPS) is 15.1. The van der Waals surface area contributed by atoms with E-state index in [1.54, 1.807) is 41.4 Å². The van der Waals surface area contributed by atoms with Gasteiger partial charge in [-0.3, -0.25) is 0 Å². The summed E-state index contributed by atoms with van der Waals surface area (Å²) in [7, 11) is -0.425. The van der Waals surface area contributed by atoms with Crippen LogP contribution in [0.25, 0.3) is 16.9 Å². The number of methoxy groups -OCH3 is 2. The minimum Gasteiger partial charge on any atom is -0.493 e. The smallest absolute Gasteiger partial charge is 0.254 e. The maximum Gasteiger partial charge on any atom is 0.254 e. The maximum atomic E-state index is 13.5. The Labute approximate surface area is 229 Å². The van der Waals surface area contributed by atoms with Crippen molar-refractivity contribution in [1.29, 1.82) is 0 Å². The van der Waals surface area contributed by atoms with Crippen molar-refractivity contribution in [1.82, 2.24) is 23.9 Å². The van der Waals surface area contributed by atoms with Gasteiger partial charge >= 0.3 is 0 Å². The Morgan fingerprint density at radius 3 is 2.26 bits per heavy atom. The number of rotatable bonds is 8. The van der Waals surface area contributed by atoms with E-state index in [1.807, 2.05) is 30.3 Å². The van der Waals surface area contributed by atoms with Crippen LogP contribution in [0, 0.1) is 0 Å². The monoisotopic (exact) mass is 550 g/mol. The van der Waals surface area contributed by atoms with Crippen molar-refractivity contribution in [3.63, 3.8) is 0 Å². The molecule has 2 aromatic carbocycles. The summed E-state index contributed by atoms with van der Waals surface area (Å²) in [5.41, 5.74) is 2.83. The average molecular weight is 551 g/mol. The summed E-state index contributed by atoms with van der Waals surface area (Å²) >= 11 is 0. The van der Waals surface area contributed by atoms with E-state index in [4.69, 9.17) is 9.47 Å². The summed E-state index contributed by atoms with van der Waals surface area (Å²) in [5.74, 6) is 2.50. The third-order valence-electron chi connectivity index (χ3n) is 7.67. The second-order valence-electron chi connectivity index (χ2n) is 10.2. The molecule has 0 bridgehead atoms. The number of benzene rings is 2. The highest BCUT2D eigenvalue weighted by atomic mass is 32.2. The highest BCUT2D eigenvalue weighted by Crippen LogP contribution is 2.37. The van der Waals surface area contributed by atoms with Gasteiger partial charge in [-0.05, 0) is 47.2 Å². The van der Waals surface area contributed by atoms with Gasteiger partial charge in [0.05, 0.1) is 19.1 Å². The Morgan fingerprint density at radius 2 is 1.62 bits per heavy atom. The van der Waals surface area contributed by atoms with Crippen molar-refractivity contribution in [2.75, 3.05) is 45.3 Å². The van der Waals surface area contributed by atoms with E-state index in [9.17, 15) is 8.42 Å². The molecular weight excluding hydrogens is 516 g/mol. The molecule has 0 N–H and O–H groups in total. The van der Waals surface area contributed by atoms with Crippen LogP contribution in [-0.4, -0.2) is 72.7 Å². The first-order valence-electron chi connectivity index (χ1n) is 13.0. The molecule has 2 aromatic heterocycles. The van der Waals surface area contributed by atoms with Gasteiger partial charge in [-0.25, -0.2) is 13.4 Å². The van der Waals surface area contributed by atoms with Crippen molar-refractivity contribution in [3.05, 3.63) is 60.6 Å². The Morgan fingerprint density at radius 1 is 0.923 bits per heavy atom. The zero-order chi connectivity index (χ0) is 27.8. The Kier molecular flexibility index (Phi) is 7.21. The largest absolute Gasteiger partial charge is 0.493 e. The molecule has 0 unspecified atom stereocenters. The highest BCUT2D eigenvalue weighted by molar-refractivity contribution is 7.89. The van der Waals surface area contributed by atoms with Gasteiger partial charge < -0.3 is 14.4 Å². The number of anilines is 1. The molecule has 1 aliphatic heterocycles. The van der Waals surface area contributed by atoms with E-state index in [0.29, 0.717) is 48.4 Å². The van der Waals surface area contributed by atoms with E-state index < -0.39 is 10.0 Å². The molecule has 0 aliphatic carbocycles. The minimum absolute atomic E-state index is 0.00321. The van der Waals surface area contributed by atoms with Crippen molar-refractivity contribution < 1.29 is 17.9 Å². The van der Waals surface area contributed by atoms with Crippen molar-refractivity contribution in [3.8, 4) is 22.6 Å². The van der Waals surface area contributed by atoms with Crippen molar-refractivity contribution >= 4 is 21.6 Å². The second kappa shape index (κ2) is 10.5. The van der Waals surface area contributed by atoms with Crippen LogP contribution in [0.1, 0.15) is 32.8 Å². The Bertz CT molecular complexity index is 1580. The molecule has 0 spiro atoms. The standard InChI is InChI=1S/C28H34N6O4S/c1-6-28(2,3)21-8-10-22(11-9-21)39(35,36)33-15-13-32(14-16-33)26-23(18-29-27-30-19-31-34(26)27)20-7-12-24(37-4)25(17-20)38-5/h7-12,17-19H,6,13-16H2,1-5H3. The number of piperazine rings is 1. The van der Waals surface area contributed by atoms with Gasteiger partial charge in [-0.15, -0.1) is 0 Å². The maximum absolute atomic E-state index is 13.5. The molecule has 206 valence electrons. The summed E-state index contributed by atoms with van der Waals surface area (Å²) in [6.45, 7) is 8.12. The fourth-order valence-electron chi connectivity index (χ4n) is 4.85. The average Bonchev–Trinajstić information content (AvgIpc) is 3.45. The van der Waals surface area contributed by atoms with Crippen LogP contribution in [0.2, 0.25) is 0 Å². The quantitative estimate of drug-likeness (QED) is 0.324. The summed E-state index contributed by atoms with van der Waals surface area (Å²) in [5, 5.41) is 4.42. The van der Waals surface area contributed by atoms with Crippen LogP contribution in [0.3, 0.4) is 0 Å². The van der Waals surface area contributed by atoms with Crippen LogP contribution >= 0.6 is 0 Å². The molecule has 0 saturated carbocycles. The molecule has 39 heavy (non-hydrogen) atoms. The first-order valence-corrected chi connectivity index (χ1v) is 14.4. The lowest BCUT2D eigenvalue weighted by molar-refractivity contribution is 0.355. The SMILES string of the molecule is CCC(C)(C)c1ccc(S(=O)(=O)N2CCN(c3c(-c4ccc(OC)c(OC)c4)cnc4ncnn34)CC2)cc1. The fraction of sp³-hybridized carbons (Fsp3) is 0.393. The molecule has 10 nitrogen and oxygen atoms in total. The Hall–Kier alpha value is -3.70. The molecular formula is C28H34N6O4S. The second-order valence-corrected chi connectivity index (χ2v) is 12.1. The predicted molar refractivity (Wildman–Crippen MR) is 150 cm³/mol. The molecule has 5 rings (SSSR count). The topological polar surface area (TPSA) is 102 Å². The van der Waals surface area contributed by atoms with E-state index in [-0.39, 0.29) is 5.41 Å². The number of hydrogen-bond acceptors (Lipinski definition) is 8. The van der Waals surface area contributed by atoms with Crippen molar-refractivity contribution in [2.45, 2.75) is 37.5 Å². The van der Waals surface area contributed by atoms with Crippen LogP contribution in [0.15, 0.2) is 59.9 Å². The summed E-state index contributed by atoms with van der Waals surface area (Å²) < 4.78 is 41.2. The number of fused-ring (bicyclic) bond motifs is 1. The number of ether oxygens (including phenoxy) is 2. The van der Waals surface area contributed by atoms with Crippen LogP contribution in [0.4, 0.5) is 5.82 Å². The van der Waals surface area contributed by atoms with E-state index in [0.717, 1.165) is 28.9 Å². The zero-order valence-corrected chi connectivity index (χ0v) is 23.8. The molecule has 1 aliphatic rings. The molecule has 0 atom stereocenters. The fourth-order valence-corrected chi connectivity index (χ4v) is 6.27. The molecule has 3 heterocycles. The van der Waals surface area contributed by atoms with E-state index in [2.05, 4.69) is 40.7 Å². The van der Waals surface area contributed by atoms with Gasteiger partial charge in [0.1, 0.15) is 12.1 Å². The highest BCUT2D eigenvalue weighted by Gasteiger charge is 2.31. The van der Waals surface area contributed by atoms with E-state index in [1.165, 1.54) is 6.33 Å². The van der Waals surface area contributed by atoms with Gasteiger partial charge in [-0.2, -0.15) is 18.9 Å². The first-order chi connectivity index (χ1) is 18.7. The predicted octanol–water partition coefficient (Wildman–Crippen LogP) is 4.01. The number of sulfonamides is 1. The van der Waals surface area contributed by atoms with Gasteiger partial charge in [0, 0.05) is 37.9 Å². The lowest BCUT2D eigenvalue weighted by Crippen LogP contribution is -2.49. The molecule has 11 heteroatoms. The molecule has 0 amide bonds. The summed E-state index contributed by atoms with van der Waals surface area (Å²) in [6.07, 6.45) is 4.21. The first kappa shape index (κ1) is 26.9. The lowest BCUT2D eigenvalue weighted by atomic mass is 9.82. The summed E-state index contributed by atoms with van der Waals surface area (Å²) in [4.78, 5) is 11.2. The molecule has 4 aromatic rings. The molecule has 1 saturated heterocycles. The van der Waals surface area contributed by atoms with Gasteiger partial charge in [0.2, 0.25) is 10.0 Å². The Balaban J connectivity index is 1.42. The van der Waals surface area contributed by atoms with Crippen LogP contribution in [0.5, 0.6) is 11.5 Å². The van der Waals surface area contributed by atoms with E-state index >= 15 is 0 Å². The summed E-state index contributed by atoms with van der Waals surface area (Å²) in [6, 6.07) is 13.0. The number of hydrogen-bond donors (Lipinski definition) is 0. The number of aromatic nitrogens is 4. The molecule has 1 fully saturated rings.